The minimum Gasteiger partial charge on any atom is -0.390 e. The second kappa shape index (κ2) is 3.52. The predicted octanol–water partition coefficient (Wildman–Crippen LogP) is -0.680. The number of aromatic nitrogens is 2. The van der Waals surface area contributed by atoms with Gasteiger partial charge in [-0.15, -0.1) is 0 Å². The van der Waals surface area contributed by atoms with Crippen LogP contribution >= 0.6 is 0 Å². The molecule has 0 radical (unpaired) electrons. The van der Waals surface area contributed by atoms with E-state index in [4.69, 9.17) is 0 Å². The van der Waals surface area contributed by atoms with Crippen molar-refractivity contribution in [2.24, 2.45) is 0 Å². The number of nitrogens with zero attached hydrogens (tertiary/aromatic N) is 5. The van der Waals surface area contributed by atoms with Gasteiger partial charge in [-0.2, -0.15) is 0 Å². The quantitative estimate of drug-likeness (QED) is 0.475. The summed E-state index contributed by atoms with van der Waals surface area (Å²) in [5.41, 5.74) is 0. The van der Waals surface area contributed by atoms with Crippen molar-refractivity contribution in [1.29, 1.82) is 0 Å². The first-order valence-corrected chi connectivity index (χ1v) is 3.13. The van der Waals surface area contributed by atoms with Crippen LogP contribution in [-0.4, -0.2) is 24.6 Å². The summed E-state index contributed by atoms with van der Waals surface area (Å²) in [5.74, 6) is -2.08. The van der Waals surface area contributed by atoms with Gasteiger partial charge in [0.25, 0.3) is 0 Å². The Balaban J connectivity index is 3.17. The van der Waals surface area contributed by atoms with Crippen LogP contribution in [0.1, 0.15) is 0 Å². The summed E-state index contributed by atoms with van der Waals surface area (Å²) in [5, 5.41) is 28.9. The van der Waals surface area contributed by atoms with E-state index < -0.39 is 26.7 Å². The van der Waals surface area contributed by atoms with Crippen molar-refractivity contribution < 1.29 is 19.9 Å². The number of rotatable bonds is 4. The van der Waals surface area contributed by atoms with Crippen LogP contribution in [0.25, 0.3) is 0 Å². The molecule has 0 bridgehead atoms. The third-order valence-corrected chi connectivity index (χ3v) is 1.15. The van der Waals surface area contributed by atoms with Crippen molar-refractivity contribution in [1.82, 2.24) is 9.71 Å². The number of hydrogen-bond acceptors (Lipinski definition) is 8. The van der Waals surface area contributed by atoms with Crippen LogP contribution in [0.2, 0.25) is 0 Å². The lowest BCUT2D eigenvalue weighted by atomic mass is 10.8. The van der Waals surface area contributed by atoms with Crippen LogP contribution in [0.3, 0.4) is 0 Å². The third kappa shape index (κ3) is 2.11. The topological polar surface area (TPSA) is 156 Å². The molecule has 0 saturated carbocycles. The van der Waals surface area contributed by atoms with Crippen LogP contribution in [0, 0.1) is 30.3 Å². The molecule has 0 aromatic carbocycles. The first-order valence-electron chi connectivity index (χ1n) is 3.13. The molecular weight excluding hydrogens is 218 g/mol. The molecular formula is C3HN5O7. The predicted molar refractivity (Wildman–Crippen MR) is 39.1 cm³/mol. The standard InChI is InChI=1S/C3HN5O7/c9-6(10)2-1-5(15-8(13)14)3(4-2)7(11)12/h1H. The summed E-state index contributed by atoms with van der Waals surface area (Å²) in [6.07, 6.45) is 0.418. The Bertz CT molecular complexity index is 436. The molecule has 0 atom stereocenters. The van der Waals surface area contributed by atoms with Gasteiger partial charge in [0.2, 0.25) is 0 Å². The Hall–Kier alpha value is -2.79. The highest BCUT2D eigenvalue weighted by molar-refractivity contribution is 5.22. The van der Waals surface area contributed by atoms with Crippen molar-refractivity contribution in [3.63, 3.8) is 0 Å². The molecule has 0 spiro atoms. The molecule has 0 fully saturated rings. The van der Waals surface area contributed by atoms with Crippen LogP contribution in [0.5, 0.6) is 0 Å². The zero-order valence-electron chi connectivity index (χ0n) is 6.67. The van der Waals surface area contributed by atoms with Crippen molar-refractivity contribution in [3.05, 3.63) is 36.5 Å². The van der Waals surface area contributed by atoms with E-state index >= 15 is 0 Å². The van der Waals surface area contributed by atoms with Gasteiger partial charge in [0.1, 0.15) is 0 Å². The Labute approximate surface area is 79.1 Å². The van der Waals surface area contributed by atoms with E-state index in [9.17, 15) is 30.3 Å². The largest absolute Gasteiger partial charge is 0.467 e. The maximum Gasteiger partial charge on any atom is 0.467 e. The summed E-state index contributed by atoms with van der Waals surface area (Å²) < 4.78 is -0.0157. The summed E-state index contributed by atoms with van der Waals surface area (Å²) in [4.78, 5) is 34.6. The molecule has 0 aliphatic carbocycles. The Kier molecular flexibility index (Phi) is 2.42. The molecule has 0 aliphatic rings. The van der Waals surface area contributed by atoms with E-state index in [0.717, 1.165) is 0 Å². The fourth-order valence-corrected chi connectivity index (χ4v) is 0.684. The lowest BCUT2D eigenvalue weighted by Crippen LogP contribution is -2.18. The Morgan fingerprint density at radius 2 is 1.80 bits per heavy atom. The van der Waals surface area contributed by atoms with E-state index in [1.54, 1.807) is 0 Å². The van der Waals surface area contributed by atoms with Crippen LogP contribution < -0.4 is 4.94 Å². The molecule has 0 amide bonds. The lowest BCUT2D eigenvalue weighted by molar-refractivity contribution is -0.751. The highest BCUT2D eigenvalue weighted by atomic mass is 17.0. The molecule has 15 heavy (non-hydrogen) atoms. The minimum atomic E-state index is -1.36. The third-order valence-electron chi connectivity index (χ3n) is 1.15. The van der Waals surface area contributed by atoms with Crippen LogP contribution in [0.4, 0.5) is 11.8 Å². The van der Waals surface area contributed by atoms with Gasteiger partial charge in [-0.25, -0.2) is 15.1 Å². The van der Waals surface area contributed by atoms with E-state index in [1.165, 1.54) is 0 Å². The van der Waals surface area contributed by atoms with Gasteiger partial charge in [-0.3, -0.25) is 0 Å². The molecule has 1 rings (SSSR count). The number of nitro groups is 2. The van der Waals surface area contributed by atoms with Gasteiger partial charge >= 0.3 is 11.8 Å². The van der Waals surface area contributed by atoms with Gasteiger partial charge in [0.15, 0.2) is 11.3 Å². The first-order chi connectivity index (χ1) is 6.91. The summed E-state index contributed by atoms with van der Waals surface area (Å²) in [6.45, 7) is 0. The molecule has 80 valence electrons. The Morgan fingerprint density at radius 1 is 1.20 bits per heavy atom. The molecule has 1 heterocycles. The van der Waals surface area contributed by atoms with E-state index in [1.807, 2.05) is 0 Å². The second-order valence-corrected chi connectivity index (χ2v) is 2.04. The lowest BCUT2D eigenvalue weighted by Gasteiger charge is -1.98. The fourth-order valence-electron chi connectivity index (χ4n) is 0.684. The minimum absolute atomic E-state index is 0.0157. The smallest absolute Gasteiger partial charge is 0.390 e. The number of hydrogen-bond donors (Lipinski definition) is 0. The van der Waals surface area contributed by atoms with Crippen molar-refractivity contribution >= 4 is 11.8 Å². The number of imidazole rings is 1. The van der Waals surface area contributed by atoms with Gasteiger partial charge in [-0.05, 0) is 14.8 Å². The van der Waals surface area contributed by atoms with Gasteiger partial charge in [-0.1, -0.05) is 4.73 Å². The van der Waals surface area contributed by atoms with E-state index in [2.05, 4.69) is 9.92 Å². The normalized spacial score (nSPS) is 9.60. The molecule has 1 aromatic heterocycles. The maximum atomic E-state index is 10.2. The SMILES string of the molecule is O=[N+]([O-])On1cc([N+](=O)[O-])nc1[N+](=O)[O-]. The summed E-state index contributed by atoms with van der Waals surface area (Å²) >= 11 is 0. The maximum absolute atomic E-state index is 10.2. The highest BCUT2D eigenvalue weighted by Crippen LogP contribution is 2.15. The monoisotopic (exact) mass is 219 g/mol. The summed E-state index contributed by atoms with van der Waals surface area (Å²) in [6, 6.07) is 0. The van der Waals surface area contributed by atoms with E-state index in [0.29, 0.717) is 6.20 Å². The first kappa shape index (κ1) is 10.3. The Morgan fingerprint density at radius 3 is 2.20 bits per heavy atom. The second-order valence-electron chi connectivity index (χ2n) is 2.04. The van der Waals surface area contributed by atoms with Gasteiger partial charge < -0.3 is 20.2 Å². The van der Waals surface area contributed by atoms with Crippen molar-refractivity contribution in [2.45, 2.75) is 0 Å². The molecule has 12 heteroatoms. The van der Waals surface area contributed by atoms with Gasteiger partial charge in [0.05, 0.1) is 0 Å². The van der Waals surface area contributed by atoms with Gasteiger partial charge in [0, 0.05) is 0 Å². The summed E-state index contributed by atoms with van der Waals surface area (Å²) in [7, 11) is 0. The van der Waals surface area contributed by atoms with Crippen LogP contribution in [0.15, 0.2) is 6.20 Å². The molecule has 0 N–H and O–H groups in total. The zero-order valence-corrected chi connectivity index (χ0v) is 6.67. The average molecular weight is 219 g/mol. The van der Waals surface area contributed by atoms with Crippen molar-refractivity contribution in [2.75, 3.05) is 0 Å². The van der Waals surface area contributed by atoms with Crippen molar-refractivity contribution in [3.8, 4) is 0 Å². The highest BCUT2D eigenvalue weighted by Gasteiger charge is 2.24. The molecule has 0 aliphatic heterocycles. The fraction of sp³-hybridized carbons (Fsp3) is 0. The zero-order chi connectivity index (χ0) is 11.6. The molecule has 0 unspecified atom stereocenters. The molecule has 1 aromatic rings. The molecule has 0 saturated heterocycles. The average Bonchev–Trinajstić information content (AvgIpc) is 2.46. The van der Waals surface area contributed by atoms with E-state index in [-0.39, 0.29) is 4.73 Å². The molecule has 12 nitrogen and oxygen atoms in total. The van der Waals surface area contributed by atoms with Crippen LogP contribution in [-0.2, 0) is 0 Å².